The molecule has 0 N–H and O–H groups in total. The minimum atomic E-state index is 0.367. The molecule has 0 radical (unpaired) electrons. The first-order valence-electron chi connectivity index (χ1n) is 6.11. The molecule has 3 heteroatoms. The van der Waals surface area contributed by atoms with Crippen molar-refractivity contribution in [3.8, 4) is 11.3 Å². The predicted molar refractivity (Wildman–Crippen MR) is 75.2 cm³/mol. The summed E-state index contributed by atoms with van der Waals surface area (Å²) in [5, 5.41) is 0. The topological polar surface area (TPSA) is 30.2 Å². The SMILES string of the molecule is CCCCSc1ccc(-c2ccc(C=O)o2)cc1. The number of unbranched alkanes of at least 4 members (excludes halogenated alkanes) is 1. The first kappa shape index (κ1) is 13.0. The Morgan fingerprint density at radius 3 is 2.56 bits per heavy atom. The van der Waals surface area contributed by atoms with Crippen LogP contribution >= 0.6 is 11.8 Å². The molecular weight excluding hydrogens is 244 g/mol. The van der Waals surface area contributed by atoms with Gasteiger partial charge in [0.25, 0.3) is 0 Å². The maximum Gasteiger partial charge on any atom is 0.185 e. The second-order valence-electron chi connectivity index (χ2n) is 4.05. The number of hydrogen-bond donors (Lipinski definition) is 0. The summed E-state index contributed by atoms with van der Waals surface area (Å²) in [7, 11) is 0. The third kappa shape index (κ3) is 3.26. The van der Waals surface area contributed by atoms with Crippen LogP contribution in [0, 0.1) is 0 Å². The van der Waals surface area contributed by atoms with Crippen molar-refractivity contribution in [1.29, 1.82) is 0 Å². The summed E-state index contributed by atoms with van der Waals surface area (Å²) in [5.41, 5.74) is 1.00. The zero-order chi connectivity index (χ0) is 12.8. The Morgan fingerprint density at radius 1 is 1.17 bits per heavy atom. The van der Waals surface area contributed by atoms with Crippen LogP contribution in [0.2, 0.25) is 0 Å². The van der Waals surface area contributed by atoms with Crippen LogP contribution in [-0.2, 0) is 0 Å². The normalized spacial score (nSPS) is 10.5. The molecule has 0 aliphatic rings. The van der Waals surface area contributed by atoms with Gasteiger partial charge in [-0.1, -0.05) is 25.5 Å². The van der Waals surface area contributed by atoms with Gasteiger partial charge in [0.2, 0.25) is 0 Å². The number of hydrogen-bond acceptors (Lipinski definition) is 3. The van der Waals surface area contributed by atoms with Crippen molar-refractivity contribution in [2.75, 3.05) is 5.75 Å². The molecule has 18 heavy (non-hydrogen) atoms. The van der Waals surface area contributed by atoms with Crippen LogP contribution in [0.4, 0.5) is 0 Å². The lowest BCUT2D eigenvalue weighted by Crippen LogP contribution is -1.79. The van der Waals surface area contributed by atoms with Gasteiger partial charge in [0.05, 0.1) is 0 Å². The summed E-state index contributed by atoms with van der Waals surface area (Å²) in [5.74, 6) is 2.26. The fraction of sp³-hybridized carbons (Fsp3) is 0.267. The second kappa shape index (κ2) is 6.45. The van der Waals surface area contributed by atoms with Crippen LogP contribution in [0.15, 0.2) is 45.7 Å². The molecule has 0 saturated heterocycles. The zero-order valence-corrected chi connectivity index (χ0v) is 11.2. The van der Waals surface area contributed by atoms with E-state index in [9.17, 15) is 4.79 Å². The van der Waals surface area contributed by atoms with Crippen molar-refractivity contribution >= 4 is 18.0 Å². The predicted octanol–water partition coefficient (Wildman–Crippen LogP) is 4.65. The van der Waals surface area contributed by atoms with E-state index in [1.807, 2.05) is 30.0 Å². The summed E-state index contributed by atoms with van der Waals surface area (Å²) < 4.78 is 5.38. The molecule has 0 unspecified atom stereocenters. The zero-order valence-electron chi connectivity index (χ0n) is 10.4. The average Bonchev–Trinajstić information content (AvgIpc) is 2.89. The number of thioether (sulfide) groups is 1. The van der Waals surface area contributed by atoms with Crippen molar-refractivity contribution in [3.05, 3.63) is 42.2 Å². The number of carbonyl (C=O) groups is 1. The van der Waals surface area contributed by atoms with Gasteiger partial charge in [-0.25, -0.2) is 0 Å². The highest BCUT2D eigenvalue weighted by molar-refractivity contribution is 7.99. The van der Waals surface area contributed by atoms with E-state index in [1.54, 1.807) is 6.07 Å². The van der Waals surface area contributed by atoms with E-state index >= 15 is 0 Å². The van der Waals surface area contributed by atoms with E-state index in [0.717, 1.165) is 23.4 Å². The van der Waals surface area contributed by atoms with Crippen LogP contribution in [0.25, 0.3) is 11.3 Å². The lowest BCUT2D eigenvalue weighted by Gasteiger charge is -2.02. The minimum Gasteiger partial charge on any atom is -0.453 e. The van der Waals surface area contributed by atoms with Gasteiger partial charge in [-0.3, -0.25) is 4.79 Å². The standard InChI is InChI=1S/C15H16O2S/c1-2-3-10-18-14-7-4-12(5-8-14)15-9-6-13(11-16)17-15/h4-9,11H,2-3,10H2,1H3. The lowest BCUT2D eigenvalue weighted by molar-refractivity contribution is 0.110. The van der Waals surface area contributed by atoms with Crippen LogP contribution < -0.4 is 0 Å². The molecule has 0 spiro atoms. The van der Waals surface area contributed by atoms with Gasteiger partial charge < -0.3 is 4.42 Å². The van der Waals surface area contributed by atoms with Crippen molar-refractivity contribution in [2.45, 2.75) is 24.7 Å². The van der Waals surface area contributed by atoms with Crippen molar-refractivity contribution in [1.82, 2.24) is 0 Å². The Bertz CT molecular complexity index is 499. The van der Waals surface area contributed by atoms with Gasteiger partial charge in [-0.2, -0.15) is 0 Å². The molecule has 0 atom stereocenters. The summed E-state index contributed by atoms with van der Waals surface area (Å²) in [6.07, 6.45) is 3.19. The first-order chi connectivity index (χ1) is 8.83. The molecule has 0 fully saturated rings. The smallest absolute Gasteiger partial charge is 0.185 e. The van der Waals surface area contributed by atoms with Gasteiger partial charge in [0.1, 0.15) is 5.76 Å². The maximum absolute atomic E-state index is 10.6. The fourth-order valence-corrected chi connectivity index (χ4v) is 2.62. The average molecular weight is 260 g/mol. The summed E-state index contributed by atoms with van der Waals surface area (Å²) in [6, 6.07) is 11.8. The van der Waals surface area contributed by atoms with E-state index in [4.69, 9.17) is 4.42 Å². The molecule has 2 aromatic rings. The Morgan fingerprint density at radius 2 is 1.94 bits per heavy atom. The summed E-state index contributed by atoms with van der Waals surface area (Å²) in [6.45, 7) is 2.20. The number of rotatable bonds is 6. The van der Waals surface area contributed by atoms with Gasteiger partial charge in [-0.15, -0.1) is 11.8 Å². The molecule has 0 saturated carbocycles. The van der Waals surface area contributed by atoms with Gasteiger partial charge in [0, 0.05) is 10.5 Å². The largest absolute Gasteiger partial charge is 0.453 e. The summed E-state index contributed by atoms with van der Waals surface area (Å²) in [4.78, 5) is 11.8. The molecule has 1 heterocycles. The highest BCUT2D eigenvalue weighted by Crippen LogP contribution is 2.25. The Hall–Kier alpha value is -1.48. The second-order valence-corrected chi connectivity index (χ2v) is 5.21. The molecule has 2 rings (SSSR count). The molecule has 1 aromatic heterocycles. The third-order valence-corrected chi connectivity index (χ3v) is 3.75. The molecular formula is C15H16O2S. The van der Waals surface area contributed by atoms with Crippen LogP contribution in [-0.4, -0.2) is 12.0 Å². The first-order valence-corrected chi connectivity index (χ1v) is 7.10. The van der Waals surface area contributed by atoms with Gasteiger partial charge in [-0.05, 0) is 36.4 Å². The van der Waals surface area contributed by atoms with Gasteiger partial charge >= 0.3 is 0 Å². The molecule has 0 aliphatic heterocycles. The van der Waals surface area contributed by atoms with Crippen LogP contribution in [0.1, 0.15) is 30.3 Å². The summed E-state index contributed by atoms with van der Waals surface area (Å²) >= 11 is 1.87. The van der Waals surface area contributed by atoms with E-state index in [1.165, 1.54) is 17.7 Å². The van der Waals surface area contributed by atoms with Crippen LogP contribution in [0.3, 0.4) is 0 Å². The van der Waals surface area contributed by atoms with E-state index in [2.05, 4.69) is 19.1 Å². The number of carbonyl (C=O) groups excluding carboxylic acids is 1. The number of furan rings is 1. The van der Waals surface area contributed by atoms with E-state index < -0.39 is 0 Å². The molecule has 0 amide bonds. The van der Waals surface area contributed by atoms with E-state index in [0.29, 0.717) is 5.76 Å². The van der Waals surface area contributed by atoms with Crippen molar-refractivity contribution in [3.63, 3.8) is 0 Å². The lowest BCUT2D eigenvalue weighted by atomic mass is 10.2. The van der Waals surface area contributed by atoms with Crippen molar-refractivity contribution < 1.29 is 9.21 Å². The molecule has 2 nitrogen and oxygen atoms in total. The van der Waals surface area contributed by atoms with E-state index in [-0.39, 0.29) is 0 Å². The Labute approximate surface area is 111 Å². The van der Waals surface area contributed by atoms with Gasteiger partial charge in [0.15, 0.2) is 12.0 Å². The Kier molecular flexibility index (Phi) is 4.65. The monoisotopic (exact) mass is 260 g/mol. The molecule has 0 bridgehead atoms. The van der Waals surface area contributed by atoms with Crippen LogP contribution in [0.5, 0.6) is 0 Å². The maximum atomic E-state index is 10.6. The highest BCUT2D eigenvalue weighted by Gasteiger charge is 2.04. The fourth-order valence-electron chi connectivity index (χ4n) is 1.62. The third-order valence-electron chi connectivity index (χ3n) is 2.65. The number of benzene rings is 1. The molecule has 1 aromatic carbocycles. The number of aldehydes is 1. The minimum absolute atomic E-state index is 0.367. The van der Waals surface area contributed by atoms with Crippen molar-refractivity contribution in [2.24, 2.45) is 0 Å². The highest BCUT2D eigenvalue weighted by atomic mass is 32.2. The molecule has 0 aliphatic carbocycles. The molecule has 94 valence electrons. The quantitative estimate of drug-likeness (QED) is 0.430. The Balaban J connectivity index is 2.04.